The van der Waals surface area contributed by atoms with Crippen molar-refractivity contribution in [1.29, 1.82) is 0 Å². The van der Waals surface area contributed by atoms with Crippen LogP contribution in [0.5, 0.6) is 0 Å². The van der Waals surface area contributed by atoms with Crippen molar-refractivity contribution >= 4 is 11.9 Å². The monoisotopic (exact) mass is 226 g/mol. The van der Waals surface area contributed by atoms with Crippen molar-refractivity contribution in [3.63, 3.8) is 0 Å². The Morgan fingerprint density at radius 3 is 1.94 bits per heavy atom. The topological polar surface area (TPSA) is 74.6 Å². The molecule has 16 heavy (non-hydrogen) atoms. The molecule has 0 atom stereocenters. The smallest absolute Gasteiger partial charge is 0.327 e. The number of carboxylic acid groups (broad SMARTS) is 2. The summed E-state index contributed by atoms with van der Waals surface area (Å²) >= 11 is 0. The molecule has 0 aliphatic heterocycles. The van der Waals surface area contributed by atoms with Crippen LogP contribution in [0.4, 0.5) is 0 Å². The first-order valence-electron chi connectivity index (χ1n) is 5.38. The van der Waals surface area contributed by atoms with E-state index in [4.69, 9.17) is 10.2 Å². The first kappa shape index (κ1) is 14.4. The number of aliphatic carboxylic acids is 2. The highest BCUT2D eigenvalue weighted by Gasteiger charge is 2.02. The van der Waals surface area contributed by atoms with Gasteiger partial charge in [0.25, 0.3) is 0 Å². The number of carboxylic acids is 2. The Labute approximate surface area is 95.3 Å². The van der Waals surface area contributed by atoms with Crippen LogP contribution in [-0.4, -0.2) is 22.2 Å². The lowest BCUT2D eigenvalue weighted by Gasteiger charge is -2.05. The minimum atomic E-state index is -1.01. The number of unbranched alkanes of at least 4 members (excludes halogenated alkanes) is 2. The van der Waals surface area contributed by atoms with E-state index in [-0.39, 0.29) is 5.92 Å². The van der Waals surface area contributed by atoms with Crippen LogP contribution in [0.25, 0.3) is 0 Å². The zero-order valence-corrected chi connectivity index (χ0v) is 9.43. The van der Waals surface area contributed by atoms with Crippen molar-refractivity contribution < 1.29 is 19.8 Å². The van der Waals surface area contributed by atoms with Crippen LogP contribution in [-0.2, 0) is 9.59 Å². The van der Waals surface area contributed by atoms with E-state index in [1.807, 2.05) is 0 Å². The van der Waals surface area contributed by atoms with E-state index in [9.17, 15) is 9.59 Å². The maximum Gasteiger partial charge on any atom is 0.327 e. The molecule has 0 bridgehead atoms. The van der Waals surface area contributed by atoms with Gasteiger partial charge in [-0.3, -0.25) is 0 Å². The second kappa shape index (κ2) is 8.71. The lowest BCUT2D eigenvalue weighted by atomic mass is 10.00. The van der Waals surface area contributed by atoms with Gasteiger partial charge in [0.15, 0.2) is 0 Å². The maximum atomic E-state index is 10.3. The van der Waals surface area contributed by atoms with Crippen LogP contribution in [0.1, 0.15) is 32.6 Å². The van der Waals surface area contributed by atoms with Crippen molar-refractivity contribution in [2.75, 3.05) is 0 Å². The molecule has 0 aromatic heterocycles. The van der Waals surface area contributed by atoms with Gasteiger partial charge in [-0.2, -0.15) is 0 Å². The minimum absolute atomic E-state index is 0.112. The predicted octanol–water partition coefficient (Wildman–Crippen LogP) is 2.46. The number of hydrogen-bond donors (Lipinski definition) is 2. The average molecular weight is 226 g/mol. The third-order valence-corrected chi connectivity index (χ3v) is 2.11. The van der Waals surface area contributed by atoms with E-state index in [1.165, 1.54) is 12.2 Å². The van der Waals surface area contributed by atoms with Crippen LogP contribution in [0, 0.1) is 5.92 Å². The van der Waals surface area contributed by atoms with E-state index in [0.717, 1.165) is 37.8 Å². The van der Waals surface area contributed by atoms with Gasteiger partial charge in [0.2, 0.25) is 0 Å². The molecule has 0 aliphatic rings. The first-order valence-corrected chi connectivity index (χ1v) is 5.38. The first-order chi connectivity index (χ1) is 7.56. The molecule has 4 heteroatoms. The summed E-state index contributed by atoms with van der Waals surface area (Å²) in [6.07, 6.45) is 9.06. The quantitative estimate of drug-likeness (QED) is 0.492. The van der Waals surface area contributed by atoms with Crippen molar-refractivity contribution in [1.82, 2.24) is 0 Å². The molecule has 0 amide bonds. The summed E-state index contributed by atoms with van der Waals surface area (Å²) in [5, 5.41) is 17.0. The number of hydrogen-bond acceptors (Lipinski definition) is 2. The summed E-state index contributed by atoms with van der Waals surface area (Å²) in [5.74, 6) is -2.13. The van der Waals surface area contributed by atoms with Crippen LogP contribution in [0.2, 0.25) is 0 Å². The summed E-state index contributed by atoms with van der Waals surface area (Å²) in [6.45, 7) is 2.08. The highest BCUT2D eigenvalue weighted by Crippen LogP contribution is 2.13. The van der Waals surface area contributed by atoms with Crippen molar-refractivity contribution in [2.24, 2.45) is 5.92 Å². The number of carbonyl (C=O) groups is 2. The molecular weight excluding hydrogens is 208 g/mol. The van der Waals surface area contributed by atoms with Gasteiger partial charge >= 0.3 is 11.9 Å². The fourth-order valence-electron chi connectivity index (χ4n) is 1.30. The highest BCUT2D eigenvalue weighted by molar-refractivity contribution is 5.80. The SMILES string of the molecule is CCCCCC(C=CC(=O)O)C=CC(=O)O. The molecule has 0 saturated carbocycles. The Kier molecular flexibility index (Phi) is 7.85. The number of rotatable bonds is 8. The van der Waals surface area contributed by atoms with Crippen LogP contribution >= 0.6 is 0 Å². The van der Waals surface area contributed by atoms with E-state index >= 15 is 0 Å². The summed E-state index contributed by atoms with van der Waals surface area (Å²) in [5.41, 5.74) is 0. The molecule has 2 N–H and O–H groups in total. The average Bonchev–Trinajstić information content (AvgIpc) is 2.21. The predicted molar refractivity (Wildman–Crippen MR) is 61.2 cm³/mol. The third kappa shape index (κ3) is 8.99. The second-order valence-corrected chi connectivity index (χ2v) is 3.55. The Hall–Kier alpha value is -1.58. The third-order valence-electron chi connectivity index (χ3n) is 2.11. The normalized spacial score (nSPS) is 13.3. The van der Waals surface area contributed by atoms with Crippen molar-refractivity contribution in [2.45, 2.75) is 32.6 Å². The second-order valence-electron chi connectivity index (χ2n) is 3.55. The summed E-state index contributed by atoms with van der Waals surface area (Å²) in [6, 6.07) is 0. The Balaban J connectivity index is 4.26. The van der Waals surface area contributed by atoms with E-state index in [2.05, 4.69) is 6.92 Å². The van der Waals surface area contributed by atoms with E-state index in [0.29, 0.717) is 0 Å². The molecule has 0 saturated heterocycles. The molecule has 0 fully saturated rings. The van der Waals surface area contributed by atoms with Gasteiger partial charge in [-0.1, -0.05) is 38.3 Å². The van der Waals surface area contributed by atoms with Crippen LogP contribution in [0.3, 0.4) is 0 Å². The molecule has 0 aromatic rings. The van der Waals surface area contributed by atoms with Gasteiger partial charge in [0.05, 0.1) is 0 Å². The summed E-state index contributed by atoms with van der Waals surface area (Å²) in [4.78, 5) is 20.7. The zero-order chi connectivity index (χ0) is 12.4. The standard InChI is InChI=1S/C12H18O4/c1-2-3-4-5-10(6-8-11(13)14)7-9-12(15)16/h6-10H,2-5H2,1H3,(H,13,14)(H,15,16). The molecule has 0 heterocycles. The molecule has 0 rings (SSSR count). The lowest BCUT2D eigenvalue weighted by molar-refractivity contribution is -0.132. The maximum absolute atomic E-state index is 10.3. The van der Waals surface area contributed by atoms with Crippen molar-refractivity contribution in [3.05, 3.63) is 24.3 Å². The van der Waals surface area contributed by atoms with Gasteiger partial charge in [0.1, 0.15) is 0 Å². The van der Waals surface area contributed by atoms with Gasteiger partial charge in [-0.15, -0.1) is 0 Å². The van der Waals surface area contributed by atoms with Gasteiger partial charge < -0.3 is 10.2 Å². The zero-order valence-electron chi connectivity index (χ0n) is 9.43. The Morgan fingerprint density at radius 2 is 1.56 bits per heavy atom. The molecule has 90 valence electrons. The van der Waals surface area contributed by atoms with Crippen LogP contribution < -0.4 is 0 Å². The molecule has 4 nitrogen and oxygen atoms in total. The number of allylic oxidation sites excluding steroid dienone is 2. The Bertz CT molecular complexity index is 255. The molecule has 0 aliphatic carbocycles. The molecule has 0 spiro atoms. The lowest BCUT2D eigenvalue weighted by Crippen LogP contribution is -1.97. The van der Waals surface area contributed by atoms with Crippen LogP contribution in [0.15, 0.2) is 24.3 Å². The molecular formula is C12H18O4. The highest BCUT2D eigenvalue weighted by atomic mass is 16.4. The molecule has 0 radical (unpaired) electrons. The van der Waals surface area contributed by atoms with Gasteiger partial charge in [0, 0.05) is 12.2 Å². The summed E-state index contributed by atoms with van der Waals surface area (Å²) < 4.78 is 0. The minimum Gasteiger partial charge on any atom is -0.478 e. The van der Waals surface area contributed by atoms with Gasteiger partial charge in [-0.25, -0.2) is 9.59 Å². The fourth-order valence-corrected chi connectivity index (χ4v) is 1.30. The van der Waals surface area contributed by atoms with Gasteiger partial charge in [-0.05, 0) is 12.3 Å². The fraction of sp³-hybridized carbons (Fsp3) is 0.500. The largest absolute Gasteiger partial charge is 0.478 e. The molecule has 0 unspecified atom stereocenters. The van der Waals surface area contributed by atoms with E-state index < -0.39 is 11.9 Å². The Morgan fingerprint density at radius 1 is 1.06 bits per heavy atom. The van der Waals surface area contributed by atoms with Crippen molar-refractivity contribution in [3.8, 4) is 0 Å². The van der Waals surface area contributed by atoms with E-state index in [1.54, 1.807) is 0 Å². The summed E-state index contributed by atoms with van der Waals surface area (Å²) in [7, 11) is 0. The molecule has 0 aromatic carbocycles.